The Kier molecular flexibility index (Phi) is 3.76. The molecule has 0 spiro atoms. The van der Waals surface area contributed by atoms with Gasteiger partial charge in [0.15, 0.2) is 12.3 Å². The second-order valence-electron chi connectivity index (χ2n) is 4.88. The molecule has 0 bridgehead atoms. The molecule has 0 radical (unpaired) electrons. The van der Waals surface area contributed by atoms with E-state index in [2.05, 4.69) is 22.2 Å². The van der Waals surface area contributed by atoms with Crippen LogP contribution < -0.4 is 15.5 Å². The SMILES string of the molecule is CCCc1ccc2c(N)c(/C([O-])=N/c3c[n+](C)no3)sc2n1. The molecule has 7 nitrogen and oxygen atoms in total. The largest absolute Gasteiger partial charge is 0.857 e. The summed E-state index contributed by atoms with van der Waals surface area (Å²) in [6, 6.07) is 3.85. The van der Waals surface area contributed by atoms with Crippen molar-refractivity contribution in [1.29, 1.82) is 0 Å². The highest BCUT2D eigenvalue weighted by Gasteiger charge is 2.13. The van der Waals surface area contributed by atoms with Crippen molar-refractivity contribution in [2.75, 3.05) is 5.73 Å². The number of hydrogen-bond donors (Lipinski definition) is 1. The van der Waals surface area contributed by atoms with E-state index in [9.17, 15) is 5.11 Å². The summed E-state index contributed by atoms with van der Waals surface area (Å²) >= 11 is 1.25. The first-order valence-electron chi connectivity index (χ1n) is 6.85. The first-order chi connectivity index (χ1) is 10.6. The summed E-state index contributed by atoms with van der Waals surface area (Å²) in [6.45, 7) is 2.10. The average Bonchev–Trinajstić information content (AvgIpc) is 3.03. The number of nitrogens with zero attached hydrogens (tertiary/aromatic N) is 4. The van der Waals surface area contributed by atoms with E-state index in [0.717, 1.165) is 28.8 Å². The molecule has 3 aromatic heterocycles. The second-order valence-corrected chi connectivity index (χ2v) is 5.88. The summed E-state index contributed by atoms with van der Waals surface area (Å²) in [4.78, 5) is 9.55. The third-order valence-electron chi connectivity index (χ3n) is 3.12. The quantitative estimate of drug-likeness (QED) is 0.440. The van der Waals surface area contributed by atoms with Gasteiger partial charge in [-0.1, -0.05) is 18.0 Å². The van der Waals surface area contributed by atoms with Gasteiger partial charge in [0.25, 0.3) is 6.20 Å². The van der Waals surface area contributed by atoms with Gasteiger partial charge in [0.05, 0.1) is 10.6 Å². The van der Waals surface area contributed by atoms with E-state index in [1.165, 1.54) is 22.2 Å². The Hall–Kier alpha value is -2.48. The number of aryl methyl sites for hydroxylation is 2. The van der Waals surface area contributed by atoms with Crippen LogP contribution in [0.2, 0.25) is 0 Å². The molecule has 8 heteroatoms. The van der Waals surface area contributed by atoms with Gasteiger partial charge in [0.1, 0.15) is 4.83 Å². The highest BCUT2D eigenvalue weighted by atomic mass is 32.1. The molecule has 114 valence electrons. The normalized spacial score (nSPS) is 12.2. The summed E-state index contributed by atoms with van der Waals surface area (Å²) in [6.07, 6.45) is 3.43. The predicted octanol–water partition coefficient (Wildman–Crippen LogP) is 1.08. The standard InChI is InChI=1S/C14H15N5O2S/c1-3-4-8-5-6-9-11(15)12(22-14(9)16-8)13(20)17-10-7-19(2)18-21-10/h5-7H,3-4H2,1-2H3,(H2-,15,17,18,20). The van der Waals surface area contributed by atoms with Crippen LogP contribution >= 0.6 is 11.3 Å². The number of rotatable bonds is 4. The van der Waals surface area contributed by atoms with Crippen LogP contribution in [0.15, 0.2) is 27.8 Å². The van der Waals surface area contributed by atoms with Gasteiger partial charge in [-0.15, -0.1) is 11.3 Å². The number of nitrogens with two attached hydrogens (primary N) is 1. The van der Waals surface area contributed by atoms with E-state index in [1.54, 1.807) is 7.05 Å². The summed E-state index contributed by atoms with van der Waals surface area (Å²) in [7, 11) is 1.68. The average molecular weight is 317 g/mol. The zero-order valence-electron chi connectivity index (χ0n) is 12.2. The first kappa shape index (κ1) is 14.5. The molecule has 0 fully saturated rings. The van der Waals surface area contributed by atoms with Gasteiger partial charge in [0, 0.05) is 17.0 Å². The number of aromatic nitrogens is 3. The lowest BCUT2D eigenvalue weighted by molar-refractivity contribution is -0.739. The van der Waals surface area contributed by atoms with Crippen molar-refractivity contribution in [2.45, 2.75) is 19.8 Å². The molecule has 0 saturated heterocycles. The highest BCUT2D eigenvalue weighted by Crippen LogP contribution is 2.32. The van der Waals surface area contributed by atoms with Crippen molar-refractivity contribution in [3.8, 4) is 0 Å². The Morgan fingerprint density at radius 2 is 2.32 bits per heavy atom. The minimum absolute atomic E-state index is 0.143. The zero-order valence-corrected chi connectivity index (χ0v) is 13.1. The number of hydrogen-bond acceptors (Lipinski definition) is 7. The molecule has 0 saturated carbocycles. The zero-order chi connectivity index (χ0) is 15.7. The summed E-state index contributed by atoms with van der Waals surface area (Å²) < 4.78 is 6.32. The van der Waals surface area contributed by atoms with Crippen LogP contribution in [0.3, 0.4) is 0 Å². The maximum Gasteiger partial charge on any atom is 0.320 e. The molecule has 3 rings (SSSR count). The van der Waals surface area contributed by atoms with Gasteiger partial charge in [0.2, 0.25) is 0 Å². The van der Waals surface area contributed by atoms with Crippen LogP contribution in [0.5, 0.6) is 0 Å². The number of thiophene rings is 1. The lowest BCUT2D eigenvalue weighted by Crippen LogP contribution is -2.27. The molecule has 0 aromatic carbocycles. The fraction of sp³-hybridized carbons (Fsp3) is 0.286. The van der Waals surface area contributed by atoms with E-state index in [0.29, 0.717) is 10.6 Å². The number of fused-ring (bicyclic) bond motifs is 1. The van der Waals surface area contributed by atoms with E-state index in [1.807, 2.05) is 12.1 Å². The molecular formula is C14H15N5O2S. The van der Waals surface area contributed by atoms with Crippen LogP contribution in [0.4, 0.5) is 11.6 Å². The lowest BCUT2D eigenvalue weighted by Gasteiger charge is -2.06. The lowest BCUT2D eigenvalue weighted by atomic mass is 10.2. The van der Waals surface area contributed by atoms with E-state index in [4.69, 9.17) is 10.3 Å². The van der Waals surface area contributed by atoms with Crippen LogP contribution in [-0.4, -0.2) is 16.2 Å². The van der Waals surface area contributed by atoms with Crippen molar-refractivity contribution in [1.82, 2.24) is 10.3 Å². The molecule has 22 heavy (non-hydrogen) atoms. The number of anilines is 1. The maximum atomic E-state index is 12.3. The van der Waals surface area contributed by atoms with Crippen molar-refractivity contribution in [2.24, 2.45) is 12.0 Å². The molecule has 0 unspecified atom stereocenters. The Morgan fingerprint density at radius 1 is 1.50 bits per heavy atom. The molecule has 3 heterocycles. The van der Waals surface area contributed by atoms with E-state index < -0.39 is 5.90 Å². The summed E-state index contributed by atoms with van der Waals surface area (Å²) in [5.74, 6) is -0.307. The van der Waals surface area contributed by atoms with Gasteiger partial charge in [-0.05, 0) is 18.6 Å². The van der Waals surface area contributed by atoms with Gasteiger partial charge < -0.3 is 10.8 Å². The Morgan fingerprint density at radius 3 is 3.00 bits per heavy atom. The molecule has 0 aliphatic carbocycles. The number of pyridine rings is 1. The Labute approximate surface area is 130 Å². The van der Waals surface area contributed by atoms with Crippen LogP contribution in [-0.2, 0) is 13.5 Å². The van der Waals surface area contributed by atoms with Crippen molar-refractivity contribution in [3.05, 3.63) is 28.9 Å². The highest BCUT2D eigenvalue weighted by molar-refractivity contribution is 7.21. The number of nitrogen functional groups attached to an aromatic ring is 1. The maximum absolute atomic E-state index is 12.3. The van der Waals surface area contributed by atoms with Gasteiger partial charge in [-0.3, -0.25) is 4.52 Å². The fourth-order valence-electron chi connectivity index (χ4n) is 2.10. The first-order valence-corrected chi connectivity index (χ1v) is 7.66. The number of aliphatic imine (C=N–C) groups is 1. The Bertz CT molecular complexity index is 852. The van der Waals surface area contributed by atoms with E-state index in [-0.39, 0.29) is 5.88 Å². The third kappa shape index (κ3) is 2.64. The predicted molar refractivity (Wildman–Crippen MR) is 81.9 cm³/mol. The van der Waals surface area contributed by atoms with Crippen molar-refractivity contribution in [3.63, 3.8) is 0 Å². The topological polar surface area (TPSA) is 104 Å². The molecule has 0 aliphatic heterocycles. The molecular weight excluding hydrogens is 302 g/mol. The van der Waals surface area contributed by atoms with E-state index >= 15 is 0 Å². The monoisotopic (exact) mass is 317 g/mol. The third-order valence-corrected chi connectivity index (χ3v) is 4.23. The van der Waals surface area contributed by atoms with Gasteiger partial charge in [-0.2, -0.15) is 0 Å². The summed E-state index contributed by atoms with van der Waals surface area (Å²) in [5.41, 5.74) is 7.47. The fourth-order valence-corrected chi connectivity index (χ4v) is 3.10. The van der Waals surface area contributed by atoms with Crippen LogP contribution in [0.1, 0.15) is 23.9 Å². The minimum atomic E-state index is -0.450. The van der Waals surface area contributed by atoms with Crippen molar-refractivity contribution >= 4 is 39.0 Å². The minimum Gasteiger partial charge on any atom is -0.857 e. The molecule has 0 amide bonds. The Balaban J connectivity index is 2.03. The molecule has 0 aliphatic rings. The van der Waals surface area contributed by atoms with Gasteiger partial charge in [-0.25, -0.2) is 9.98 Å². The van der Waals surface area contributed by atoms with Crippen LogP contribution in [0, 0.1) is 0 Å². The van der Waals surface area contributed by atoms with Crippen molar-refractivity contribution < 1.29 is 14.3 Å². The van der Waals surface area contributed by atoms with Gasteiger partial charge >= 0.3 is 5.88 Å². The van der Waals surface area contributed by atoms with Crippen LogP contribution in [0.25, 0.3) is 10.2 Å². The molecule has 3 aromatic rings. The molecule has 2 N–H and O–H groups in total. The second kappa shape index (κ2) is 5.72. The molecule has 0 atom stereocenters. The summed E-state index contributed by atoms with van der Waals surface area (Å²) in [5, 5.41) is 16.7. The smallest absolute Gasteiger partial charge is 0.320 e.